The second-order valence-electron chi connectivity index (χ2n) is 2.69. The van der Waals surface area contributed by atoms with Crippen LogP contribution in [0.2, 0.25) is 0 Å². The average molecular weight is 156 g/mol. The lowest BCUT2D eigenvalue weighted by Gasteiger charge is -2.17. The molecule has 0 fully saturated rings. The molecule has 0 aromatic rings. The standard InChI is InChI=1S/C9H10F2/c1-2-9(10,11)8-6-4-3-5-7-8/h1,6H,3-5,7H2. The van der Waals surface area contributed by atoms with Crippen molar-refractivity contribution in [3.05, 3.63) is 11.6 Å². The van der Waals surface area contributed by atoms with Crippen molar-refractivity contribution in [1.29, 1.82) is 0 Å². The number of alkyl halides is 2. The van der Waals surface area contributed by atoms with Gasteiger partial charge < -0.3 is 0 Å². The molecule has 0 saturated heterocycles. The third-order valence-corrected chi connectivity index (χ3v) is 1.88. The molecule has 0 atom stereocenters. The van der Waals surface area contributed by atoms with Gasteiger partial charge in [0.25, 0.3) is 0 Å². The van der Waals surface area contributed by atoms with Crippen LogP contribution in [0.1, 0.15) is 25.7 Å². The molecule has 0 radical (unpaired) electrons. The van der Waals surface area contributed by atoms with Crippen LogP contribution in [0.5, 0.6) is 0 Å². The Bertz CT molecular complexity index is 208. The number of terminal acetylenes is 1. The monoisotopic (exact) mass is 156 g/mol. The minimum absolute atomic E-state index is 0.131. The van der Waals surface area contributed by atoms with Crippen molar-refractivity contribution in [1.82, 2.24) is 0 Å². The Kier molecular flexibility index (Phi) is 2.28. The van der Waals surface area contributed by atoms with Crippen molar-refractivity contribution < 1.29 is 8.78 Å². The molecule has 1 aliphatic carbocycles. The maximum Gasteiger partial charge on any atom is 0.329 e. The second kappa shape index (κ2) is 3.04. The summed E-state index contributed by atoms with van der Waals surface area (Å²) in [5.74, 6) is -1.49. The molecule has 1 rings (SSSR count). The van der Waals surface area contributed by atoms with E-state index >= 15 is 0 Å². The van der Waals surface area contributed by atoms with Gasteiger partial charge in [-0.2, -0.15) is 8.78 Å². The van der Waals surface area contributed by atoms with E-state index in [4.69, 9.17) is 6.42 Å². The number of hydrogen-bond acceptors (Lipinski definition) is 0. The second-order valence-corrected chi connectivity index (χ2v) is 2.69. The molecule has 2 heteroatoms. The molecule has 0 bridgehead atoms. The van der Waals surface area contributed by atoms with E-state index in [0.717, 1.165) is 19.3 Å². The molecule has 0 nitrogen and oxygen atoms in total. The van der Waals surface area contributed by atoms with Crippen LogP contribution >= 0.6 is 0 Å². The number of allylic oxidation sites excluding steroid dienone is 2. The van der Waals surface area contributed by atoms with E-state index in [9.17, 15) is 8.78 Å². The zero-order chi connectivity index (χ0) is 8.32. The summed E-state index contributed by atoms with van der Waals surface area (Å²) in [5, 5.41) is 0. The highest BCUT2D eigenvalue weighted by Crippen LogP contribution is 2.30. The molecular formula is C9H10F2. The lowest BCUT2D eigenvalue weighted by molar-refractivity contribution is 0.102. The minimum atomic E-state index is -3.00. The van der Waals surface area contributed by atoms with Gasteiger partial charge in [-0.3, -0.25) is 0 Å². The van der Waals surface area contributed by atoms with Gasteiger partial charge in [0.05, 0.1) is 0 Å². The van der Waals surface area contributed by atoms with E-state index in [-0.39, 0.29) is 5.57 Å². The van der Waals surface area contributed by atoms with Gasteiger partial charge >= 0.3 is 5.92 Å². The van der Waals surface area contributed by atoms with Gasteiger partial charge in [-0.25, -0.2) is 0 Å². The normalized spacial score (nSPS) is 18.8. The molecule has 0 aliphatic heterocycles. The summed E-state index contributed by atoms with van der Waals surface area (Å²) in [6.07, 6.45) is 9.31. The summed E-state index contributed by atoms with van der Waals surface area (Å²) in [4.78, 5) is 0. The Hall–Kier alpha value is -0.840. The van der Waals surface area contributed by atoms with Crippen LogP contribution in [0.4, 0.5) is 8.78 Å². The SMILES string of the molecule is C#CC(F)(F)C1=CCCCC1. The Morgan fingerprint density at radius 1 is 1.45 bits per heavy atom. The van der Waals surface area contributed by atoms with Gasteiger partial charge in [-0.15, -0.1) is 6.42 Å². The van der Waals surface area contributed by atoms with Crippen molar-refractivity contribution >= 4 is 0 Å². The quantitative estimate of drug-likeness (QED) is 0.404. The van der Waals surface area contributed by atoms with Crippen molar-refractivity contribution in [2.45, 2.75) is 31.6 Å². The average Bonchev–Trinajstić information content (AvgIpc) is 2.06. The summed E-state index contributed by atoms with van der Waals surface area (Å²) in [6.45, 7) is 0. The van der Waals surface area contributed by atoms with Crippen LogP contribution in [-0.4, -0.2) is 5.92 Å². The predicted octanol–water partition coefficient (Wildman–Crippen LogP) is 2.76. The lowest BCUT2D eigenvalue weighted by Crippen LogP contribution is -2.17. The Morgan fingerprint density at radius 3 is 2.64 bits per heavy atom. The van der Waals surface area contributed by atoms with Gasteiger partial charge in [0.1, 0.15) is 0 Å². The molecule has 60 valence electrons. The molecule has 0 saturated carbocycles. The summed E-state index contributed by atoms with van der Waals surface area (Å²) < 4.78 is 25.5. The van der Waals surface area contributed by atoms with E-state index in [0.29, 0.717) is 6.42 Å². The Labute approximate surface area is 65.3 Å². The molecule has 0 aromatic heterocycles. The molecule has 0 spiro atoms. The molecule has 0 N–H and O–H groups in total. The highest BCUT2D eigenvalue weighted by molar-refractivity contribution is 5.25. The van der Waals surface area contributed by atoms with Crippen LogP contribution < -0.4 is 0 Å². The Morgan fingerprint density at radius 2 is 2.18 bits per heavy atom. The fraction of sp³-hybridized carbons (Fsp3) is 0.556. The predicted molar refractivity (Wildman–Crippen MR) is 40.3 cm³/mol. The highest BCUT2D eigenvalue weighted by atomic mass is 19.3. The van der Waals surface area contributed by atoms with E-state index in [1.54, 1.807) is 6.08 Å². The zero-order valence-corrected chi connectivity index (χ0v) is 6.24. The van der Waals surface area contributed by atoms with Gasteiger partial charge in [0.2, 0.25) is 0 Å². The van der Waals surface area contributed by atoms with E-state index in [2.05, 4.69) is 0 Å². The first-order chi connectivity index (χ1) is 5.17. The summed E-state index contributed by atoms with van der Waals surface area (Å²) in [7, 11) is 0. The highest BCUT2D eigenvalue weighted by Gasteiger charge is 2.31. The molecule has 0 aromatic carbocycles. The molecule has 0 heterocycles. The van der Waals surface area contributed by atoms with E-state index in [1.807, 2.05) is 0 Å². The fourth-order valence-corrected chi connectivity index (χ4v) is 1.22. The van der Waals surface area contributed by atoms with Crippen molar-refractivity contribution in [3.63, 3.8) is 0 Å². The van der Waals surface area contributed by atoms with Crippen molar-refractivity contribution in [2.24, 2.45) is 0 Å². The number of rotatable bonds is 1. The Balaban J connectivity index is 2.74. The minimum Gasteiger partial charge on any atom is -0.187 e. The van der Waals surface area contributed by atoms with Crippen LogP contribution in [-0.2, 0) is 0 Å². The largest absolute Gasteiger partial charge is 0.329 e. The molecular weight excluding hydrogens is 146 g/mol. The third kappa shape index (κ3) is 1.80. The van der Waals surface area contributed by atoms with Gasteiger partial charge in [-0.1, -0.05) is 6.08 Å². The molecule has 11 heavy (non-hydrogen) atoms. The lowest BCUT2D eigenvalue weighted by atomic mass is 9.95. The first-order valence-corrected chi connectivity index (χ1v) is 3.72. The van der Waals surface area contributed by atoms with Crippen LogP contribution in [0, 0.1) is 12.3 Å². The molecule has 0 amide bonds. The third-order valence-electron chi connectivity index (χ3n) is 1.88. The van der Waals surface area contributed by atoms with Gasteiger partial charge in [0.15, 0.2) is 0 Å². The first-order valence-electron chi connectivity index (χ1n) is 3.72. The molecule has 0 unspecified atom stereocenters. The number of halogens is 2. The first kappa shape index (κ1) is 8.26. The topological polar surface area (TPSA) is 0 Å². The van der Waals surface area contributed by atoms with Crippen LogP contribution in [0.3, 0.4) is 0 Å². The maximum atomic E-state index is 12.7. The van der Waals surface area contributed by atoms with Gasteiger partial charge in [-0.05, 0) is 31.6 Å². The summed E-state index contributed by atoms with van der Waals surface area (Å²) in [6, 6.07) is 0. The zero-order valence-electron chi connectivity index (χ0n) is 6.24. The van der Waals surface area contributed by atoms with Crippen LogP contribution in [0.15, 0.2) is 11.6 Å². The number of hydrogen-bond donors (Lipinski definition) is 0. The summed E-state index contributed by atoms with van der Waals surface area (Å²) >= 11 is 0. The van der Waals surface area contributed by atoms with E-state index < -0.39 is 5.92 Å². The summed E-state index contributed by atoms with van der Waals surface area (Å²) in [5.41, 5.74) is 0.131. The maximum absolute atomic E-state index is 12.7. The smallest absolute Gasteiger partial charge is 0.187 e. The van der Waals surface area contributed by atoms with Crippen molar-refractivity contribution in [3.8, 4) is 12.3 Å². The van der Waals surface area contributed by atoms with Crippen molar-refractivity contribution in [2.75, 3.05) is 0 Å². The van der Waals surface area contributed by atoms with Crippen LogP contribution in [0.25, 0.3) is 0 Å². The fourth-order valence-electron chi connectivity index (χ4n) is 1.22. The van der Waals surface area contributed by atoms with E-state index in [1.165, 1.54) is 5.92 Å². The van der Waals surface area contributed by atoms with Gasteiger partial charge in [0, 0.05) is 5.57 Å². The molecule has 1 aliphatic rings.